The Balaban J connectivity index is 1.73. The lowest BCUT2D eigenvalue weighted by atomic mass is 10.2. The lowest BCUT2D eigenvalue weighted by Gasteiger charge is -1.99. The number of hydrogen-bond donors (Lipinski definition) is 3. The van der Waals surface area contributed by atoms with Crippen LogP contribution in [0.2, 0.25) is 5.02 Å². The smallest absolute Gasteiger partial charge is 0.234 e. The van der Waals surface area contributed by atoms with Crippen LogP contribution in [0.1, 0.15) is 11.1 Å². The van der Waals surface area contributed by atoms with Crippen LogP contribution < -0.4 is 5.43 Å². The Labute approximate surface area is 158 Å². The van der Waals surface area contributed by atoms with E-state index in [9.17, 15) is 9.50 Å². The van der Waals surface area contributed by atoms with Crippen LogP contribution >= 0.6 is 23.8 Å². The van der Waals surface area contributed by atoms with Gasteiger partial charge in [0.25, 0.3) is 0 Å². The van der Waals surface area contributed by atoms with Crippen molar-refractivity contribution in [1.82, 2.24) is 10.4 Å². The number of aromatic hydroxyl groups is 1. The van der Waals surface area contributed by atoms with E-state index in [4.69, 9.17) is 23.8 Å². The number of H-pyrrole nitrogens is 1. The van der Waals surface area contributed by atoms with Crippen molar-refractivity contribution >= 4 is 51.7 Å². The van der Waals surface area contributed by atoms with Crippen molar-refractivity contribution in [3.05, 3.63) is 58.4 Å². The Morgan fingerprint density at radius 1 is 1.35 bits per heavy atom. The van der Waals surface area contributed by atoms with Crippen LogP contribution in [-0.4, -0.2) is 21.4 Å². The molecular formula is C17H13ClFN5OS. The molecule has 6 nitrogen and oxygen atoms in total. The van der Waals surface area contributed by atoms with Crippen molar-refractivity contribution in [2.75, 3.05) is 0 Å². The Morgan fingerprint density at radius 3 is 2.92 bits per heavy atom. The highest BCUT2D eigenvalue weighted by Gasteiger charge is 2.10. The van der Waals surface area contributed by atoms with E-state index in [0.29, 0.717) is 0 Å². The molecule has 0 fully saturated rings. The Hall–Kier alpha value is -2.84. The van der Waals surface area contributed by atoms with E-state index < -0.39 is 5.82 Å². The van der Waals surface area contributed by atoms with Gasteiger partial charge < -0.3 is 10.1 Å². The Bertz CT molecular complexity index is 1030. The minimum absolute atomic E-state index is 0.0601. The zero-order valence-corrected chi connectivity index (χ0v) is 15.1. The second-order valence-corrected chi connectivity index (χ2v) is 6.18. The minimum Gasteiger partial charge on any atom is -0.493 e. The van der Waals surface area contributed by atoms with Gasteiger partial charge in [0.2, 0.25) is 11.0 Å². The van der Waals surface area contributed by atoms with Gasteiger partial charge in [0.1, 0.15) is 5.82 Å². The molecule has 3 aromatic rings. The van der Waals surface area contributed by atoms with Gasteiger partial charge in [-0.05, 0) is 43.4 Å². The number of nitrogens with zero attached hydrogens (tertiary/aromatic N) is 3. The zero-order valence-electron chi connectivity index (χ0n) is 13.5. The highest BCUT2D eigenvalue weighted by atomic mass is 35.5. The first kappa shape index (κ1) is 18.0. The quantitative estimate of drug-likeness (QED) is 0.256. The molecule has 0 aliphatic rings. The lowest BCUT2D eigenvalue weighted by Crippen LogP contribution is -2.11. The summed E-state index contributed by atoms with van der Waals surface area (Å²) in [5.41, 5.74) is 4.60. The summed E-state index contributed by atoms with van der Waals surface area (Å²) < 4.78 is 13.6. The van der Waals surface area contributed by atoms with E-state index in [-0.39, 0.29) is 27.3 Å². The molecule has 0 unspecified atom stereocenters. The molecule has 0 aliphatic heterocycles. The summed E-state index contributed by atoms with van der Waals surface area (Å²) in [6.07, 6.45) is 1.20. The third-order valence-corrected chi connectivity index (χ3v) is 4.00. The second-order valence-electron chi connectivity index (χ2n) is 5.38. The molecule has 132 valence electrons. The molecule has 3 N–H and O–H groups in total. The topological polar surface area (TPSA) is 85.1 Å². The number of aryl methyl sites for hydroxylation is 1. The standard InChI is InChI=1S/C17H13ClFN5OS/c1-9-5-6-14-10(7-9)15(16(25)21-14)22-24-17(26)23-20-8-11-12(18)3-2-4-13(11)19/h2-8,21,25H,1H3,(H,23,26)/b20-8+,24-22?. The summed E-state index contributed by atoms with van der Waals surface area (Å²) >= 11 is 10.9. The van der Waals surface area contributed by atoms with Crippen molar-refractivity contribution in [2.24, 2.45) is 15.3 Å². The highest BCUT2D eigenvalue weighted by Crippen LogP contribution is 2.35. The number of nitrogens with one attached hydrogen (secondary N) is 2. The summed E-state index contributed by atoms with van der Waals surface area (Å²) in [6.45, 7) is 1.93. The summed E-state index contributed by atoms with van der Waals surface area (Å²) in [7, 11) is 0. The Morgan fingerprint density at radius 2 is 2.15 bits per heavy atom. The van der Waals surface area contributed by atoms with Crippen molar-refractivity contribution in [2.45, 2.75) is 6.92 Å². The van der Waals surface area contributed by atoms with Crippen molar-refractivity contribution in [3.63, 3.8) is 0 Å². The van der Waals surface area contributed by atoms with Crippen LogP contribution in [-0.2, 0) is 0 Å². The Kier molecular flexibility index (Phi) is 5.24. The first-order valence-corrected chi connectivity index (χ1v) is 8.24. The average Bonchev–Trinajstić information content (AvgIpc) is 2.90. The van der Waals surface area contributed by atoms with Crippen LogP contribution in [0.15, 0.2) is 51.7 Å². The second kappa shape index (κ2) is 7.59. The summed E-state index contributed by atoms with van der Waals surface area (Å²) in [5.74, 6) is -0.617. The van der Waals surface area contributed by atoms with Gasteiger partial charge in [-0.25, -0.2) is 4.39 Å². The van der Waals surface area contributed by atoms with Crippen molar-refractivity contribution in [3.8, 4) is 5.88 Å². The van der Waals surface area contributed by atoms with Gasteiger partial charge in [-0.2, -0.15) is 5.10 Å². The number of aromatic nitrogens is 1. The van der Waals surface area contributed by atoms with Gasteiger partial charge in [-0.15, -0.1) is 10.2 Å². The number of benzene rings is 2. The van der Waals surface area contributed by atoms with Crippen LogP contribution in [0.4, 0.5) is 10.1 Å². The average molecular weight is 390 g/mol. The molecule has 0 atom stereocenters. The molecule has 2 aromatic carbocycles. The molecular weight excluding hydrogens is 377 g/mol. The van der Waals surface area contributed by atoms with Crippen LogP contribution in [0.3, 0.4) is 0 Å². The van der Waals surface area contributed by atoms with Gasteiger partial charge in [-0.1, -0.05) is 29.3 Å². The molecule has 0 aliphatic carbocycles. The number of azo groups is 1. The predicted octanol–water partition coefficient (Wildman–Crippen LogP) is 4.97. The lowest BCUT2D eigenvalue weighted by molar-refractivity contribution is 0.459. The third kappa shape index (κ3) is 3.87. The summed E-state index contributed by atoms with van der Waals surface area (Å²) in [5, 5.41) is 22.4. The fraction of sp³-hybridized carbons (Fsp3) is 0.0588. The molecule has 0 amide bonds. The number of hydrazone groups is 1. The van der Waals surface area contributed by atoms with Crippen LogP contribution in [0.5, 0.6) is 5.88 Å². The molecule has 1 heterocycles. The molecule has 1 aromatic heterocycles. The number of thiocarbonyl (C=S) groups is 1. The number of hydrogen-bond acceptors (Lipinski definition) is 4. The van der Waals surface area contributed by atoms with Gasteiger partial charge in [-0.3, -0.25) is 5.43 Å². The first-order valence-electron chi connectivity index (χ1n) is 7.46. The maximum absolute atomic E-state index is 13.6. The van der Waals surface area contributed by atoms with Gasteiger partial charge in [0.05, 0.1) is 16.8 Å². The molecule has 0 radical (unpaired) electrons. The number of aromatic amines is 1. The SMILES string of the molecule is Cc1ccc2[nH]c(O)c(N=NC(=S)N/N=C/c3c(F)cccc3Cl)c2c1. The van der Waals surface area contributed by atoms with E-state index in [2.05, 4.69) is 25.7 Å². The fourth-order valence-electron chi connectivity index (χ4n) is 2.28. The van der Waals surface area contributed by atoms with E-state index in [1.54, 1.807) is 6.07 Å². The summed E-state index contributed by atoms with van der Waals surface area (Å²) in [4.78, 5) is 2.81. The normalized spacial score (nSPS) is 11.7. The van der Waals surface area contributed by atoms with Gasteiger partial charge in [0.15, 0.2) is 5.69 Å². The monoisotopic (exact) mass is 389 g/mol. The van der Waals surface area contributed by atoms with Crippen molar-refractivity contribution in [1.29, 1.82) is 0 Å². The number of fused-ring (bicyclic) bond motifs is 1. The molecule has 0 bridgehead atoms. The van der Waals surface area contributed by atoms with E-state index in [1.807, 2.05) is 25.1 Å². The van der Waals surface area contributed by atoms with Gasteiger partial charge in [0, 0.05) is 10.9 Å². The van der Waals surface area contributed by atoms with E-state index >= 15 is 0 Å². The molecule has 0 spiro atoms. The largest absolute Gasteiger partial charge is 0.493 e. The maximum Gasteiger partial charge on any atom is 0.234 e. The number of rotatable bonds is 3. The van der Waals surface area contributed by atoms with Crippen molar-refractivity contribution < 1.29 is 9.50 Å². The van der Waals surface area contributed by atoms with E-state index in [0.717, 1.165) is 16.5 Å². The molecule has 3 rings (SSSR count). The molecule has 0 saturated heterocycles. The number of halogens is 2. The predicted molar refractivity (Wildman–Crippen MR) is 104 cm³/mol. The minimum atomic E-state index is -0.505. The summed E-state index contributed by atoms with van der Waals surface area (Å²) in [6, 6.07) is 9.93. The highest BCUT2D eigenvalue weighted by molar-refractivity contribution is 7.80. The van der Waals surface area contributed by atoms with E-state index in [1.165, 1.54) is 18.3 Å². The van der Waals surface area contributed by atoms with Gasteiger partial charge >= 0.3 is 0 Å². The van der Waals surface area contributed by atoms with Crippen LogP contribution in [0, 0.1) is 12.7 Å². The maximum atomic E-state index is 13.6. The fourth-order valence-corrected chi connectivity index (χ4v) is 2.59. The first-order chi connectivity index (χ1) is 12.5. The van der Waals surface area contributed by atoms with Crippen LogP contribution in [0.25, 0.3) is 10.9 Å². The molecule has 26 heavy (non-hydrogen) atoms. The molecule has 0 saturated carbocycles. The third-order valence-electron chi connectivity index (χ3n) is 3.50. The molecule has 9 heteroatoms. The zero-order chi connectivity index (χ0) is 18.7.